The van der Waals surface area contributed by atoms with E-state index in [9.17, 15) is 24.0 Å². The summed E-state index contributed by atoms with van der Waals surface area (Å²) in [5.41, 5.74) is -0.313. The third-order valence-corrected chi connectivity index (χ3v) is 2.52. The minimum absolute atomic E-state index is 0.165. The van der Waals surface area contributed by atoms with Gasteiger partial charge in [-0.15, -0.1) is 0 Å². The first-order chi connectivity index (χ1) is 10.7. The topological polar surface area (TPSA) is 150 Å². The zero-order valence-corrected chi connectivity index (χ0v) is 14.3. The molecular weight excluding hydrogens is 327 g/mol. The standard InChI is InChI=1S/C11H17N2O7P.C2H6/c14-7(12-5-10(18)21)2-3-8(15)13-6(11(19)20)1-4-9(16)17;1-2/h6H,1-5,21H2,(H,12,14)(H,13,15)(H,16,17)(H,19,20);1-2H3/t6-;/m1./s1. The zero-order valence-electron chi connectivity index (χ0n) is 13.1. The molecular formula is C13H23N2O7P. The summed E-state index contributed by atoms with van der Waals surface area (Å²) < 4.78 is 0. The van der Waals surface area contributed by atoms with Crippen molar-refractivity contribution in [1.29, 1.82) is 0 Å². The molecule has 132 valence electrons. The molecule has 0 saturated heterocycles. The smallest absolute Gasteiger partial charge is 0.326 e. The fourth-order valence-corrected chi connectivity index (χ4v) is 1.39. The van der Waals surface area contributed by atoms with Crippen LogP contribution in [0.5, 0.6) is 0 Å². The second kappa shape index (κ2) is 13.6. The average molecular weight is 350 g/mol. The average Bonchev–Trinajstić information content (AvgIpc) is 2.48. The summed E-state index contributed by atoms with van der Waals surface area (Å²) >= 11 is 0. The van der Waals surface area contributed by atoms with Crippen molar-refractivity contribution in [3.8, 4) is 0 Å². The first-order valence-electron chi connectivity index (χ1n) is 7.01. The number of aliphatic carboxylic acids is 2. The predicted molar refractivity (Wildman–Crippen MR) is 84.7 cm³/mol. The van der Waals surface area contributed by atoms with Gasteiger partial charge in [0.1, 0.15) is 6.04 Å². The second-order valence-corrected chi connectivity index (χ2v) is 4.78. The maximum atomic E-state index is 11.5. The van der Waals surface area contributed by atoms with Crippen molar-refractivity contribution in [2.75, 3.05) is 6.54 Å². The molecule has 0 radical (unpaired) electrons. The van der Waals surface area contributed by atoms with Gasteiger partial charge in [0.15, 0.2) is 5.52 Å². The number of amides is 2. The lowest BCUT2D eigenvalue weighted by Crippen LogP contribution is -2.41. The van der Waals surface area contributed by atoms with Crippen molar-refractivity contribution in [2.24, 2.45) is 0 Å². The zero-order chi connectivity index (χ0) is 18.4. The van der Waals surface area contributed by atoms with Gasteiger partial charge in [-0.25, -0.2) is 4.79 Å². The highest BCUT2D eigenvalue weighted by Crippen LogP contribution is 2.00. The molecule has 0 heterocycles. The molecule has 0 fully saturated rings. The number of carbonyl (C=O) groups excluding carboxylic acids is 3. The molecule has 0 aromatic carbocycles. The summed E-state index contributed by atoms with van der Waals surface area (Å²) in [5.74, 6) is -3.71. The van der Waals surface area contributed by atoms with E-state index in [-0.39, 0.29) is 31.3 Å². The second-order valence-electron chi connectivity index (χ2n) is 4.13. The maximum absolute atomic E-state index is 11.5. The van der Waals surface area contributed by atoms with Gasteiger partial charge in [0.05, 0.1) is 6.54 Å². The van der Waals surface area contributed by atoms with Gasteiger partial charge in [0, 0.05) is 19.3 Å². The maximum Gasteiger partial charge on any atom is 0.326 e. The normalized spacial score (nSPS) is 10.6. The third-order valence-electron chi connectivity index (χ3n) is 2.32. The van der Waals surface area contributed by atoms with Crippen LogP contribution in [0, 0.1) is 0 Å². The molecule has 0 aliphatic carbocycles. The molecule has 0 spiro atoms. The van der Waals surface area contributed by atoms with Gasteiger partial charge >= 0.3 is 11.9 Å². The Morgan fingerprint density at radius 2 is 1.48 bits per heavy atom. The minimum atomic E-state index is -1.34. The molecule has 2 amide bonds. The summed E-state index contributed by atoms with van der Waals surface area (Å²) in [6, 6.07) is -1.31. The van der Waals surface area contributed by atoms with E-state index in [1.165, 1.54) is 0 Å². The molecule has 0 aromatic heterocycles. The molecule has 2 atom stereocenters. The van der Waals surface area contributed by atoms with E-state index >= 15 is 0 Å². The Labute approximate surface area is 136 Å². The van der Waals surface area contributed by atoms with Crippen molar-refractivity contribution < 1.29 is 34.2 Å². The van der Waals surface area contributed by atoms with E-state index in [0.29, 0.717) is 0 Å². The molecule has 0 rings (SSSR count). The van der Waals surface area contributed by atoms with Crippen LogP contribution in [0.25, 0.3) is 0 Å². The molecule has 4 N–H and O–H groups in total. The van der Waals surface area contributed by atoms with Gasteiger partial charge in [-0.2, -0.15) is 0 Å². The monoisotopic (exact) mass is 350 g/mol. The summed E-state index contributed by atoms with van der Waals surface area (Å²) in [7, 11) is 1.88. The predicted octanol–water partition coefficient (Wildman–Crippen LogP) is -0.255. The largest absolute Gasteiger partial charge is 0.481 e. The lowest BCUT2D eigenvalue weighted by Gasteiger charge is -2.13. The molecule has 0 aromatic rings. The van der Waals surface area contributed by atoms with Crippen LogP contribution >= 0.6 is 9.24 Å². The van der Waals surface area contributed by atoms with Crippen LogP contribution < -0.4 is 10.6 Å². The van der Waals surface area contributed by atoms with Gasteiger partial charge in [0.25, 0.3) is 0 Å². The number of carboxylic acid groups (broad SMARTS) is 2. The van der Waals surface area contributed by atoms with Crippen LogP contribution in [0.2, 0.25) is 0 Å². The van der Waals surface area contributed by atoms with Crippen LogP contribution in [-0.2, 0) is 24.0 Å². The fraction of sp³-hybridized carbons (Fsp3) is 0.615. The van der Waals surface area contributed by atoms with Crippen LogP contribution in [0.1, 0.15) is 39.5 Å². The van der Waals surface area contributed by atoms with Gasteiger partial charge < -0.3 is 20.8 Å². The quantitative estimate of drug-likeness (QED) is 0.397. The Hall–Kier alpha value is -2.02. The third kappa shape index (κ3) is 14.7. The molecule has 23 heavy (non-hydrogen) atoms. The van der Waals surface area contributed by atoms with E-state index in [1.807, 2.05) is 23.1 Å². The van der Waals surface area contributed by atoms with Crippen molar-refractivity contribution in [3.63, 3.8) is 0 Å². The van der Waals surface area contributed by atoms with E-state index in [4.69, 9.17) is 10.2 Å². The molecule has 1 unspecified atom stereocenters. The Kier molecular flexibility index (Phi) is 13.8. The van der Waals surface area contributed by atoms with Crippen LogP contribution in [0.15, 0.2) is 0 Å². The summed E-state index contributed by atoms with van der Waals surface area (Å²) in [6.45, 7) is 3.83. The molecule has 0 aliphatic heterocycles. The Morgan fingerprint density at radius 3 is 1.91 bits per heavy atom. The minimum Gasteiger partial charge on any atom is -0.481 e. The fourth-order valence-electron chi connectivity index (χ4n) is 1.29. The lowest BCUT2D eigenvalue weighted by atomic mass is 10.1. The number of carbonyl (C=O) groups is 5. The van der Waals surface area contributed by atoms with Crippen LogP contribution in [-0.4, -0.2) is 52.1 Å². The van der Waals surface area contributed by atoms with Gasteiger partial charge in [0.2, 0.25) is 11.8 Å². The Balaban J connectivity index is 0. The van der Waals surface area contributed by atoms with Gasteiger partial charge in [-0.1, -0.05) is 23.1 Å². The first-order valence-corrected chi connectivity index (χ1v) is 7.59. The molecule has 9 nitrogen and oxygen atoms in total. The lowest BCUT2D eigenvalue weighted by molar-refractivity contribution is -0.143. The summed E-state index contributed by atoms with van der Waals surface area (Å²) in [4.78, 5) is 54.5. The molecule has 10 heteroatoms. The van der Waals surface area contributed by atoms with Crippen LogP contribution in [0.3, 0.4) is 0 Å². The number of hydrogen-bond acceptors (Lipinski definition) is 5. The highest BCUT2D eigenvalue weighted by atomic mass is 31.0. The summed E-state index contributed by atoms with van der Waals surface area (Å²) in [6.07, 6.45) is -1.10. The number of nitrogens with one attached hydrogen (secondary N) is 2. The molecule has 0 saturated carbocycles. The highest BCUT2D eigenvalue weighted by molar-refractivity contribution is 7.40. The SMILES string of the molecule is CC.O=C(O)CC[C@@H](NC(=O)CCC(=O)NCC(=O)P)C(=O)O. The molecule has 0 bridgehead atoms. The number of rotatable bonds is 10. The van der Waals surface area contributed by atoms with Gasteiger partial charge in [-0.05, 0) is 6.42 Å². The van der Waals surface area contributed by atoms with Crippen LogP contribution in [0.4, 0.5) is 0 Å². The molecule has 0 aliphatic rings. The summed E-state index contributed by atoms with van der Waals surface area (Å²) in [5, 5.41) is 21.7. The van der Waals surface area contributed by atoms with E-state index < -0.39 is 36.2 Å². The first kappa shape index (κ1) is 23.2. The van der Waals surface area contributed by atoms with Crippen molar-refractivity contribution >= 4 is 38.5 Å². The van der Waals surface area contributed by atoms with Crippen molar-refractivity contribution in [1.82, 2.24) is 10.6 Å². The van der Waals surface area contributed by atoms with Gasteiger partial charge in [-0.3, -0.25) is 19.2 Å². The van der Waals surface area contributed by atoms with Crippen molar-refractivity contribution in [2.45, 2.75) is 45.6 Å². The van der Waals surface area contributed by atoms with E-state index in [0.717, 1.165) is 0 Å². The van der Waals surface area contributed by atoms with E-state index in [2.05, 4.69) is 10.6 Å². The Bertz CT molecular complexity index is 440. The van der Waals surface area contributed by atoms with Crippen molar-refractivity contribution in [3.05, 3.63) is 0 Å². The van der Waals surface area contributed by atoms with E-state index in [1.54, 1.807) is 0 Å². The highest BCUT2D eigenvalue weighted by Gasteiger charge is 2.21. The number of hydrogen-bond donors (Lipinski definition) is 4. The Morgan fingerprint density at radius 1 is 0.957 bits per heavy atom. The number of carboxylic acids is 2.